The van der Waals surface area contributed by atoms with Crippen LogP contribution >= 0.6 is 0 Å². The molecule has 112 valence electrons. The van der Waals surface area contributed by atoms with Gasteiger partial charge in [0.15, 0.2) is 0 Å². The van der Waals surface area contributed by atoms with Crippen LogP contribution in [0.15, 0.2) is 39.9 Å². The van der Waals surface area contributed by atoms with Gasteiger partial charge in [-0.1, -0.05) is 6.07 Å². The Bertz CT molecular complexity index is 896. The van der Waals surface area contributed by atoms with Crippen LogP contribution in [0.2, 0.25) is 0 Å². The maximum Gasteiger partial charge on any atom is 0.265 e. The SMILES string of the molecule is Cc1oc2ncn(C)c(=O)c2c1C(=O)NCc1ccccn1. The van der Waals surface area contributed by atoms with E-state index in [1.54, 1.807) is 32.3 Å². The summed E-state index contributed by atoms with van der Waals surface area (Å²) in [5, 5.41) is 2.94. The second kappa shape index (κ2) is 5.44. The van der Waals surface area contributed by atoms with E-state index in [9.17, 15) is 9.59 Å². The number of furan rings is 1. The van der Waals surface area contributed by atoms with E-state index in [1.165, 1.54) is 10.9 Å². The molecule has 0 radical (unpaired) electrons. The summed E-state index contributed by atoms with van der Waals surface area (Å²) in [5.74, 6) is -0.0173. The molecule has 0 atom stereocenters. The number of aromatic nitrogens is 3. The van der Waals surface area contributed by atoms with Gasteiger partial charge >= 0.3 is 0 Å². The van der Waals surface area contributed by atoms with Gasteiger partial charge in [-0.15, -0.1) is 0 Å². The number of fused-ring (bicyclic) bond motifs is 1. The van der Waals surface area contributed by atoms with Crippen molar-refractivity contribution in [1.82, 2.24) is 19.9 Å². The fraction of sp³-hybridized carbons (Fsp3) is 0.200. The number of hydrogen-bond acceptors (Lipinski definition) is 5. The van der Waals surface area contributed by atoms with E-state index < -0.39 is 0 Å². The summed E-state index contributed by atoms with van der Waals surface area (Å²) in [5.41, 5.74) is 0.806. The molecule has 0 bridgehead atoms. The predicted molar refractivity (Wildman–Crippen MR) is 79.4 cm³/mol. The summed E-state index contributed by atoms with van der Waals surface area (Å²) >= 11 is 0. The largest absolute Gasteiger partial charge is 0.442 e. The van der Waals surface area contributed by atoms with E-state index in [0.717, 1.165) is 5.69 Å². The lowest BCUT2D eigenvalue weighted by molar-refractivity contribution is 0.0950. The fourth-order valence-electron chi connectivity index (χ4n) is 2.22. The van der Waals surface area contributed by atoms with E-state index in [2.05, 4.69) is 15.3 Å². The molecule has 0 saturated heterocycles. The van der Waals surface area contributed by atoms with Crippen molar-refractivity contribution >= 4 is 17.0 Å². The molecule has 0 saturated carbocycles. The highest BCUT2D eigenvalue weighted by Gasteiger charge is 2.22. The molecule has 3 aromatic heterocycles. The van der Waals surface area contributed by atoms with Gasteiger partial charge in [-0.05, 0) is 19.1 Å². The molecule has 0 aliphatic heterocycles. The minimum absolute atomic E-state index is 0.170. The third kappa shape index (κ3) is 2.37. The van der Waals surface area contributed by atoms with Gasteiger partial charge in [0, 0.05) is 13.2 Å². The first kappa shape index (κ1) is 14.0. The summed E-state index contributed by atoms with van der Waals surface area (Å²) in [7, 11) is 1.58. The number of nitrogens with zero attached hydrogens (tertiary/aromatic N) is 3. The summed E-state index contributed by atoms with van der Waals surface area (Å²) in [6.45, 7) is 1.91. The van der Waals surface area contributed by atoms with Crippen LogP contribution in [-0.2, 0) is 13.6 Å². The Hall–Kier alpha value is -2.96. The number of carbonyl (C=O) groups excluding carboxylic acids is 1. The molecule has 3 rings (SSSR count). The van der Waals surface area contributed by atoms with Crippen molar-refractivity contribution in [3.05, 3.63) is 58.1 Å². The standard InChI is InChI=1S/C15H14N4O3/c1-9-11(12-14(22-9)18-8-19(2)15(12)21)13(20)17-7-10-5-3-4-6-16-10/h3-6,8H,7H2,1-2H3,(H,17,20). The Morgan fingerprint density at radius 1 is 1.36 bits per heavy atom. The topological polar surface area (TPSA) is 90.0 Å². The molecule has 0 aliphatic rings. The normalized spacial score (nSPS) is 10.8. The monoisotopic (exact) mass is 298 g/mol. The zero-order chi connectivity index (χ0) is 15.7. The number of aryl methyl sites for hydroxylation is 2. The molecule has 1 N–H and O–H groups in total. The first-order chi connectivity index (χ1) is 10.6. The molecule has 7 heteroatoms. The number of carbonyl (C=O) groups is 1. The molecule has 22 heavy (non-hydrogen) atoms. The van der Waals surface area contributed by atoms with Gasteiger partial charge in [0.2, 0.25) is 5.71 Å². The molecule has 7 nitrogen and oxygen atoms in total. The summed E-state index contributed by atoms with van der Waals surface area (Å²) < 4.78 is 6.72. The first-order valence-corrected chi connectivity index (χ1v) is 6.70. The second-order valence-electron chi connectivity index (χ2n) is 4.88. The third-order valence-corrected chi connectivity index (χ3v) is 3.33. The average Bonchev–Trinajstić information content (AvgIpc) is 2.87. The van der Waals surface area contributed by atoms with Gasteiger partial charge in [0.1, 0.15) is 17.5 Å². The van der Waals surface area contributed by atoms with Crippen LogP contribution in [0, 0.1) is 6.92 Å². The molecule has 1 amide bonds. The maximum absolute atomic E-state index is 12.4. The van der Waals surface area contributed by atoms with Crippen LogP contribution in [0.25, 0.3) is 11.1 Å². The highest BCUT2D eigenvalue weighted by atomic mass is 16.3. The van der Waals surface area contributed by atoms with Crippen molar-refractivity contribution in [2.24, 2.45) is 7.05 Å². The van der Waals surface area contributed by atoms with Crippen molar-refractivity contribution in [1.29, 1.82) is 0 Å². The minimum Gasteiger partial charge on any atom is -0.442 e. The molecule has 0 aliphatic carbocycles. The van der Waals surface area contributed by atoms with Gasteiger partial charge in [-0.25, -0.2) is 4.98 Å². The number of pyridine rings is 1. The molecule has 0 aromatic carbocycles. The Kier molecular flexibility index (Phi) is 3.46. The predicted octanol–water partition coefficient (Wildman–Crippen LogP) is 1.16. The molecule has 0 fully saturated rings. The molecular formula is C15H14N4O3. The van der Waals surface area contributed by atoms with Crippen molar-refractivity contribution in [2.45, 2.75) is 13.5 Å². The van der Waals surface area contributed by atoms with E-state index in [1.807, 2.05) is 6.07 Å². The summed E-state index contributed by atoms with van der Waals surface area (Å²) in [4.78, 5) is 32.8. The van der Waals surface area contributed by atoms with E-state index in [4.69, 9.17) is 4.42 Å². The van der Waals surface area contributed by atoms with E-state index in [-0.39, 0.29) is 34.7 Å². The van der Waals surface area contributed by atoms with Crippen LogP contribution in [0.5, 0.6) is 0 Å². The molecule has 3 aromatic rings. The number of rotatable bonds is 3. The molecule has 0 spiro atoms. The van der Waals surface area contributed by atoms with Crippen LogP contribution in [0.3, 0.4) is 0 Å². The Morgan fingerprint density at radius 2 is 2.18 bits per heavy atom. The van der Waals surface area contributed by atoms with E-state index in [0.29, 0.717) is 5.76 Å². The number of amides is 1. The Balaban J connectivity index is 1.96. The van der Waals surface area contributed by atoms with Gasteiger partial charge in [-0.3, -0.25) is 14.6 Å². The quantitative estimate of drug-likeness (QED) is 0.783. The van der Waals surface area contributed by atoms with Crippen LogP contribution in [0.1, 0.15) is 21.8 Å². The van der Waals surface area contributed by atoms with Crippen LogP contribution < -0.4 is 10.9 Å². The van der Waals surface area contributed by atoms with Gasteiger partial charge in [0.05, 0.1) is 17.8 Å². The lowest BCUT2D eigenvalue weighted by Gasteiger charge is -2.04. The van der Waals surface area contributed by atoms with Gasteiger partial charge in [0.25, 0.3) is 11.5 Å². The van der Waals surface area contributed by atoms with Crippen molar-refractivity contribution in [3.8, 4) is 0 Å². The van der Waals surface area contributed by atoms with E-state index >= 15 is 0 Å². The second-order valence-corrected chi connectivity index (χ2v) is 4.88. The Labute approximate surface area is 125 Å². The fourth-order valence-corrected chi connectivity index (χ4v) is 2.22. The zero-order valence-corrected chi connectivity index (χ0v) is 12.2. The summed E-state index contributed by atoms with van der Waals surface area (Å²) in [6, 6.07) is 5.45. The Morgan fingerprint density at radius 3 is 2.91 bits per heavy atom. The highest BCUT2D eigenvalue weighted by molar-refractivity contribution is 6.06. The van der Waals surface area contributed by atoms with Gasteiger partial charge < -0.3 is 14.3 Å². The number of nitrogens with one attached hydrogen (secondary N) is 1. The molecule has 0 unspecified atom stereocenters. The maximum atomic E-state index is 12.4. The molecular weight excluding hydrogens is 284 g/mol. The smallest absolute Gasteiger partial charge is 0.265 e. The first-order valence-electron chi connectivity index (χ1n) is 6.70. The van der Waals surface area contributed by atoms with Gasteiger partial charge in [-0.2, -0.15) is 0 Å². The highest BCUT2D eigenvalue weighted by Crippen LogP contribution is 2.20. The third-order valence-electron chi connectivity index (χ3n) is 3.33. The van der Waals surface area contributed by atoms with Crippen molar-refractivity contribution < 1.29 is 9.21 Å². The minimum atomic E-state index is -0.382. The van der Waals surface area contributed by atoms with Crippen LogP contribution in [0.4, 0.5) is 0 Å². The molecule has 3 heterocycles. The summed E-state index contributed by atoms with van der Waals surface area (Å²) in [6.07, 6.45) is 3.02. The van der Waals surface area contributed by atoms with Crippen molar-refractivity contribution in [2.75, 3.05) is 0 Å². The lowest BCUT2D eigenvalue weighted by Crippen LogP contribution is -2.26. The lowest BCUT2D eigenvalue weighted by atomic mass is 10.1. The van der Waals surface area contributed by atoms with Crippen LogP contribution in [-0.4, -0.2) is 20.4 Å². The number of hydrogen-bond donors (Lipinski definition) is 1. The average molecular weight is 298 g/mol. The zero-order valence-electron chi connectivity index (χ0n) is 12.2. The van der Waals surface area contributed by atoms with Crippen molar-refractivity contribution in [3.63, 3.8) is 0 Å².